The number of hydrogen-bond donors (Lipinski definition) is 2. The third-order valence-corrected chi connectivity index (χ3v) is 6.44. The highest BCUT2D eigenvalue weighted by atomic mass is 16.6. The van der Waals surface area contributed by atoms with Crippen LogP contribution in [0.5, 0.6) is 11.5 Å². The highest BCUT2D eigenvalue weighted by Crippen LogP contribution is 2.44. The van der Waals surface area contributed by atoms with Crippen molar-refractivity contribution >= 4 is 11.8 Å². The Labute approximate surface area is 188 Å². The van der Waals surface area contributed by atoms with Crippen LogP contribution in [0.25, 0.3) is 0 Å². The minimum absolute atomic E-state index is 0.173. The van der Waals surface area contributed by atoms with Crippen molar-refractivity contribution in [1.82, 2.24) is 15.8 Å². The van der Waals surface area contributed by atoms with E-state index in [0.717, 1.165) is 31.5 Å². The van der Waals surface area contributed by atoms with E-state index in [-0.39, 0.29) is 11.7 Å². The summed E-state index contributed by atoms with van der Waals surface area (Å²) in [5.41, 5.74) is 5.33. The zero-order valence-electron chi connectivity index (χ0n) is 18.7. The maximum absolute atomic E-state index is 13.3. The number of rotatable bonds is 7. The average molecular weight is 442 g/mol. The largest absolute Gasteiger partial charge is 0.486 e. The van der Waals surface area contributed by atoms with E-state index in [1.54, 1.807) is 12.1 Å². The van der Waals surface area contributed by atoms with Crippen molar-refractivity contribution in [3.8, 4) is 11.5 Å². The first-order valence-corrected chi connectivity index (χ1v) is 11.4. The molecule has 0 unspecified atom stereocenters. The number of nitrogens with zero attached hydrogens (tertiary/aromatic N) is 1. The Balaban J connectivity index is 1.43. The zero-order chi connectivity index (χ0) is 22.6. The molecule has 2 amide bonds. The lowest BCUT2D eigenvalue weighted by Gasteiger charge is -2.29. The van der Waals surface area contributed by atoms with Crippen molar-refractivity contribution in [2.75, 3.05) is 26.3 Å². The topological polar surface area (TPSA) is 93.0 Å². The number of benzene rings is 1. The monoisotopic (exact) mass is 441 g/mol. The Morgan fingerprint density at radius 1 is 0.969 bits per heavy atom. The van der Waals surface area contributed by atoms with Crippen LogP contribution in [-0.2, 0) is 16.8 Å². The lowest BCUT2D eigenvalue weighted by atomic mass is 9.78. The molecule has 172 valence electrons. The van der Waals surface area contributed by atoms with Crippen molar-refractivity contribution in [2.45, 2.75) is 51.5 Å². The summed E-state index contributed by atoms with van der Waals surface area (Å²) in [7, 11) is 0. The predicted molar refractivity (Wildman–Crippen MR) is 119 cm³/mol. The number of nitrogens with one attached hydrogen (secondary N) is 2. The number of hydrazine groups is 1. The molecule has 8 nitrogen and oxygen atoms in total. The Morgan fingerprint density at radius 3 is 2.41 bits per heavy atom. The van der Waals surface area contributed by atoms with E-state index in [1.807, 2.05) is 18.2 Å². The minimum Gasteiger partial charge on any atom is -0.486 e. The molecular weight excluding hydrogens is 410 g/mol. The van der Waals surface area contributed by atoms with Gasteiger partial charge in [0.1, 0.15) is 19.0 Å². The van der Waals surface area contributed by atoms with Crippen LogP contribution in [0.15, 0.2) is 34.7 Å². The lowest BCUT2D eigenvalue weighted by Crippen LogP contribution is -2.50. The van der Waals surface area contributed by atoms with Crippen LogP contribution < -0.4 is 20.3 Å². The second-order valence-electron chi connectivity index (χ2n) is 8.28. The summed E-state index contributed by atoms with van der Waals surface area (Å²) < 4.78 is 17.0. The molecule has 0 bridgehead atoms. The van der Waals surface area contributed by atoms with Crippen molar-refractivity contribution in [3.63, 3.8) is 0 Å². The standard InChI is InChI=1S/C24H31N3O5/c1-3-27(4-2)16-18-8-10-20(32-18)22(28)25-26-23(29)24(11-5-6-12-24)17-7-9-19-21(15-17)31-14-13-30-19/h7-10,15H,3-6,11-14,16H2,1-2H3,(H,25,28)(H,26,29). The normalized spacial score (nSPS) is 16.7. The summed E-state index contributed by atoms with van der Waals surface area (Å²) >= 11 is 0. The SMILES string of the molecule is CCN(CC)Cc1ccc(C(=O)NNC(=O)C2(c3ccc4c(c3)OCCO4)CCCC2)o1. The van der Waals surface area contributed by atoms with Crippen LogP contribution in [-0.4, -0.2) is 43.0 Å². The van der Waals surface area contributed by atoms with Gasteiger partial charge in [-0.2, -0.15) is 0 Å². The smallest absolute Gasteiger partial charge is 0.305 e. The van der Waals surface area contributed by atoms with E-state index in [0.29, 0.717) is 49.9 Å². The second kappa shape index (κ2) is 9.65. The molecule has 1 aliphatic heterocycles. The van der Waals surface area contributed by atoms with Gasteiger partial charge in [0.05, 0.1) is 12.0 Å². The van der Waals surface area contributed by atoms with E-state index in [1.165, 1.54) is 0 Å². The predicted octanol–water partition coefficient (Wildman–Crippen LogP) is 3.17. The molecular formula is C24H31N3O5. The van der Waals surface area contributed by atoms with E-state index >= 15 is 0 Å². The van der Waals surface area contributed by atoms with Gasteiger partial charge in [-0.25, -0.2) is 0 Å². The van der Waals surface area contributed by atoms with Gasteiger partial charge in [0, 0.05) is 0 Å². The van der Waals surface area contributed by atoms with E-state index in [2.05, 4.69) is 29.6 Å². The van der Waals surface area contributed by atoms with Crippen molar-refractivity contribution in [1.29, 1.82) is 0 Å². The lowest BCUT2D eigenvalue weighted by molar-refractivity contribution is -0.127. The minimum atomic E-state index is -0.708. The van der Waals surface area contributed by atoms with Crippen LogP contribution in [0, 0.1) is 0 Å². The number of carbonyl (C=O) groups excluding carboxylic acids is 2. The first-order chi connectivity index (χ1) is 15.6. The molecule has 2 aliphatic rings. The van der Waals surface area contributed by atoms with Gasteiger partial charge in [-0.15, -0.1) is 0 Å². The summed E-state index contributed by atoms with van der Waals surface area (Å²) in [4.78, 5) is 28.0. The molecule has 0 spiro atoms. The fourth-order valence-electron chi connectivity index (χ4n) is 4.51. The molecule has 1 aromatic heterocycles. The van der Waals surface area contributed by atoms with Crippen LogP contribution in [0.3, 0.4) is 0 Å². The molecule has 32 heavy (non-hydrogen) atoms. The Kier molecular flexibility index (Phi) is 6.69. The Hall–Kier alpha value is -3.00. The first kappa shape index (κ1) is 22.2. The molecule has 4 rings (SSSR count). The number of furan rings is 1. The van der Waals surface area contributed by atoms with E-state index < -0.39 is 11.3 Å². The van der Waals surface area contributed by atoms with Crippen molar-refractivity contribution in [2.24, 2.45) is 0 Å². The van der Waals surface area contributed by atoms with Crippen LogP contribution in [0.4, 0.5) is 0 Å². The van der Waals surface area contributed by atoms with Crippen molar-refractivity contribution < 1.29 is 23.5 Å². The summed E-state index contributed by atoms with van der Waals surface area (Å²) in [6, 6.07) is 9.10. The number of hydrogen-bond acceptors (Lipinski definition) is 6. The molecule has 0 atom stereocenters. The molecule has 0 radical (unpaired) electrons. The van der Waals surface area contributed by atoms with Crippen molar-refractivity contribution in [3.05, 3.63) is 47.4 Å². The van der Waals surface area contributed by atoms with Gasteiger partial charge < -0.3 is 13.9 Å². The molecule has 1 fully saturated rings. The van der Waals surface area contributed by atoms with Crippen LogP contribution in [0.2, 0.25) is 0 Å². The molecule has 2 heterocycles. The van der Waals surface area contributed by atoms with E-state index in [4.69, 9.17) is 13.9 Å². The molecule has 2 N–H and O–H groups in total. The number of amides is 2. The molecule has 1 saturated carbocycles. The maximum atomic E-state index is 13.3. The molecule has 8 heteroatoms. The third kappa shape index (κ3) is 4.46. The zero-order valence-corrected chi connectivity index (χ0v) is 18.7. The molecule has 1 aromatic carbocycles. The molecule has 1 aliphatic carbocycles. The van der Waals surface area contributed by atoms with Gasteiger partial charge in [-0.05, 0) is 55.8 Å². The van der Waals surface area contributed by atoms with E-state index in [9.17, 15) is 9.59 Å². The molecule has 0 saturated heterocycles. The maximum Gasteiger partial charge on any atom is 0.305 e. The highest BCUT2D eigenvalue weighted by Gasteiger charge is 2.43. The van der Waals surface area contributed by atoms with Crippen LogP contribution >= 0.6 is 0 Å². The highest BCUT2D eigenvalue weighted by molar-refractivity contribution is 5.95. The quantitative estimate of drug-likeness (QED) is 0.641. The van der Waals surface area contributed by atoms with Gasteiger partial charge in [0.25, 0.3) is 0 Å². The first-order valence-electron chi connectivity index (χ1n) is 11.4. The van der Waals surface area contributed by atoms with Gasteiger partial charge >= 0.3 is 5.91 Å². The number of carbonyl (C=O) groups is 2. The van der Waals surface area contributed by atoms with Gasteiger partial charge in [0.15, 0.2) is 17.3 Å². The summed E-state index contributed by atoms with van der Waals surface area (Å²) in [5, 5.41) is 0. The fourth-order valence-corrected chi connectivity index (χ4v) is 4.51. The second-order valence-corrected chi connectivity index (χ2v) is 8.28. The Bertz CT molecular complexity index is 960. The molecule has 2 aromatic rings. The Morgan fingerprint density at radius 2 is 1.69 bits per heavy atom. The fraction of sp³-hybridized carbons (Fsp3) is 0.500. The third-order valence-electron chi connectivity index (χ3n) is 6.44. The summed E-state index contributed by atoms with van der Waals surface area (Å²) in [5.74, 6) is 1.55. The van der Waals surface area contributed by atoms with Gasteiger partial charge in [-0.1, -0.05) is 32.8 Å². The number of fused-ring (bicyclic) bond motifs is 1. The van der Waals surface area contributed by atoms with Crippen LogP contribution in [0.1, 0.15) is 61.4 Å². The number of ether oxygens (including phenoxy) is 2. The van der Waals surface area contributed by atoms with Gasteiger partial charge in [0.2, 0.25) is 5.91 Å². The summed E-state index contributed by atoms with van der Waals surface area (Å²) in [6.45, 7) is 7.61. The van der Waals surface area contributed by atoms with Gasteiger partial charge in [-0.3, -0.25) is 25.3 Å². The average Bonchev–Trinajstić information content (AvgIpc) is 3.51. The summed E-state index contributed by atoms with van der Waals surface area (Å²) in [6.07, 6.45) is 3.32.